The number of likely N-dealkylation sites (tertiary alicyclic amines) is 1. The minimum atomic E-state index is -5.08. The number of carbonyl (C=O) groups is 2. The zero-order chi connectivity index (χ0) is 30.4. The molecule has 4 N–H and O–H groups in total. The van der Waals surface area contributed by atoms with Crippen molar-refractivity contribution in [2.24, 2.45) is 5.92 Å². The number of alkyl halides is 6. The molecular weight excluding hydrogens is 562 g/mol. The Labute approximate surface area is 231 Å². The summed E-state index contributed by atoms with van der Waals surface area (Å²) in [5.41, 5.74) is 2.72. The summed E-state index contributed by atoms with van der Waals surface area (Å²) < 4.78 is 65.5. The molecule has 15 heteroatoms. The minimum absolute atomic E-state index is 0.0571. The molecule has 0 radical (unpaired) electrons. The number of rotatable bonds is 3. The average molecular weight is 595 g/mol. The number of hydrogen-bond acceptors (Lipinski definition) is 6. The second-order valence-electron chi connectivity index (χ2n) is 10.2. The number of carboxylic acids is 2. The minimum Gasteiger partial charge on any atom is -0.475 e. The number of aliphatic carboxylic acids is 2. The highest BCUT2D eigenvalue weighted by atomic mass is 19.4. The summed E-state index contributed by atoms with van der Waals surface area (Å²) in [6.45, 7) is 5.15. The molecular formula is C26H32F6N4O5. The lowest BCUT2D eigenvalue weighted by Gasteiger charge is -2.42. The lowest BCUT2D eigenvalue weighted by atomic mass is 9.72. The fraction of sp³-hybridized carbons (Fsp3) is 0.577. The number of fused-ring (bicyclic) bond motifs is 2. The highest BCUT2D eigenvalue weighted by molar-refractivity contribution is 5.73. The standard InChI is InChI=1S/C22H30N4O.2C2HF3O2/c27-21-20(25-14-6-17(7-15-25)16-26-13-3-10-24-26)18-4-1-2-5-19(18)22(21)8-11-23-12-9-22;2*3-2(4,5)1(6)7/h1-5,10,13,17,20-21,23,27H,6-9,11-12,14-16H2;2*(H,6,7)/t20-,21+;;/m1../s1. The predicted octanol–water partition coefficient (Wildman–Crippen LogP) is 3.60. The number of nitrogens with zero attached hydrogens (tertiary/aromatic N) is 3. The molecule has 0 saturated carbocycles. The summed E-state index contributed by atoms with van der Waals surface area (Å²) in [5, 5.41) is 33.6. The fourth-order valence-electron chi connectivity index (χ4n) is 5.76. The Morgan fingerprint density at radius 3 is 1.98 bits per heavy atom. The van der Waals surface area contributed by atoms with Crippen LogP contribution in [0.1, 0.15) is 42.9 Å². The van der Waals surface area contributed by atoms with Gasteiger partial charge in [-0.1, -0.05) is 24.3 Å². The summed E-state index contributed by atoms with van der Waals surface area (Å²) in [6, 6.07) is 11.0. The van der Waals surface area contributed by atoms with Crippen molar-refractivity contribution in [1.82, 2.24) is 20.0 Å². The van der Waals surface area contributed by atoms with E-state index in [0.29, 0.717) is 5.92 Å². The van der Waals surface area contributed by atoms with Crippen molar-refractivity contribution in [3.8, 4) is 0 Å². The van der Waals surface area contributed by atoms with Crippen LogP contribution in [0.15, 0.2) is 42.7 Å². The fourth-order valence-corrected chi connectivity index (χ4v) is 5.76. The molecule has 3 aliphatic rings. The van der Waals surface area contributed by atoms with E-state index in [1.165, 1.54) is 24.0 Å². The first-order valence-corrected chi connectivity index (χ1v) is 13.0. The van der Waals surface area contributed by atoms with E-state index in [9.17, 15) is 31.4 Å². The van der Waals surface area contributed by atoms with Crippen molar-refractivity contribution in [3.05, 3.63) is 53.9 Å². The molecule has 1 aromatic heterocycles. The first-order chi connectivity index (χ1) is 19.2. The maximum Gasteiger partial charge on any atom is 0.490 e. The first kappa shape index (κ1) is 32.3. The molecule has 41 heavy (non-hydrogen) atoms. The van der Waals surface area contributed by atoms with Gasteiger partial charge in [-0.2, -0.15) is 31.4 Å². The van der Waals surface area contributed by atoms with E-state index < -0.39 is 24.3 Å². The van der Waals surface area contributed by atoms with Gasteiger partial charge in [0, 0.05) is 24.4 Å². The van der Waals surface area contributed by atoms with Gasteiger partial charge in [0.1, 0.15) is 0 Å². The molecule has 0 amide bonds. The molecule has 0 bridgehead atoms. The van der Waals surface area contributed by atoms with Crippen molar-refractivity contribution in [1.29, 1.82) is 0 Å². The van der Waals surface area contributed by atoms with Crippen LogP contribution in [0.3, 0.4) is 0 Å². The molecule has 3 heterocycles. The van der Waals surface area contributed by atoms with Crippen LogP contribution in [0, 0.1) is 5.92 Å². The van der Waals surface area contributed by atoms with Gasteiger partial charge in [0.25, 0.3) is 0 Å². The van der Waals surface area contributed by atoms with E-state index in [0.717, 1.165) is 45.6 Å². The second-order valence-corrected chi connectivity index (χ2v) is 10.2. The van der Waals surface area contributed by atoms with Gasteiger partial charge in [-0.3, -0.25) is 9.58 Å². The van der Waals surface area contributed by atoms with E-state index in [1.54, 1.807) is 0 Å². The number of piperidine rings is 2. The van der Waals surface area contributed by atoms with Crippen LogP contribution in [0.2, 0.25) is 0 Å². The lowest BCUT2D eigenvalue weighted by Crippen LogP contribution is -2.49. The third-order valence-electron chi connectivity index (χ3n) is 7.71. The van der Waals surface area contributed by atoms with Crippen LogP contribution in [0.25, 0.3) is 0 Å². The third-order valence-corrected chi connectivity index (χ3v) is 7.71. The Kier molecular flexibility index (Phi) is 10.4. The molecule has 228 valence electrons. The monoisotopic (exact) mass is 594 g/mol. The van der Waals surface area contributed by atoms with Gasteiger partial charge >= 0.3 is 24.3 Å². The van der Waals surface area contributed by atoms with Crippen molar-refractivity contribution in [2.75, 3.05) is 26.2 Å². The molecule has 2 atom stereocenters. The molecule has 1 spiro atoms. The number of aromatic nitrogens is 2. The van der Waals surface area contributed by atoms with Gasteiger partial charge in [-0.05, 0) is 75.0 Å². The number of benzene rings is 1. The summed E-state index contributed by atoms with van der Waals surface area (Å²) in [7, 11) is 0. The summed E-state index contributed by atoms with van der Waals surface area (Å²) in [4.78, 5) is 20.3. The van der Waals surface area contributed by atoms with Crippen LogP contribution in [-0.4, -0.2) is 86.6 Å². The van der Waals surface area contributed by atoms with Crippen LogP contribution < -0.4 is 5.32 Å². The van der Waals surface area contributed by atoms with Gasteiger partial charge in [0.15, 0.2) is 0 Å². The van der Waals surface area contributed by atoms with Gasteiger partial charge in [0.2, 0.25) is 0 Å². The topological polar surface area (TPSA) is 128 Å². The summed E-state index contributed by atoms with van der Waals surface area (Å²) in [6.07, 6.45) is -2.10. The van der Waals surface area contributed by atoms with Crippen LogP contribution in [0.5, 0.6) is 0 Å². The third kappa shape index (κ3) is 7.98. The van der Waals surface area contributed by atoms with E-state index in [-0.39, 0.29) is 17.6 Å². The molecule has 1 aromatic carbocycles. The molecule has 5 rings (SSSR count). The normalized spacial score (nSPS) is 22.6. The lowest BCUT2D eigenvalue weighted by molar-refractivity contribution is -0.193. The maximum absolute atomic E-state index is 11.5. The predicted molar refractivity (Wildman–Crippen MR) is 133 cm³/mol. The van der Waals surface area contributed by atoms with Gasteiger partial charge in [0.05, 0.1) is 12.1 Å². The SMILES string of the molecule is O=C(O)C(F)(F)F.O=C(O)C(F)(F)F.O[C@H]1[C@H](N2CCC(Cn3cccn3)CC2)c2ccccc2C12CCNCC2. The number of aliphatic hydroxyl groups is 1. The smallest absolute Gasteiger partial charge is 0.475 e. The van der Waals surface area contributed by atoms with Crippen molar-refractivity contribution in [2.45, 2.75) is 62.1 Å². The zero-order valence-electron chi connectivity index (χ0n) is 21.9. The summed E-state index contributed by atoms with van der Waals surface area (Å²) >= 11 is 0. The van der Waals surface area contributed by atoms with Crippen LogP contribution >= 0.6 is 0 Å². The molecule has 2 aromatic rings. The number of nitrogens with one attached hydrogen (secondary N) is 1. The Balaban J connectivity index is 0.000000276. The Morgan fingerprint density at radius 2 is 1.49 bits per heavy atom. The Hall–Kier alpha value is -3.17. The molecule has 2 fully saturated rings. The van der Waals surface area contributed by atoms with Crippen molar-refractivity contribution in [3.63, 3.8) is 0 Å². The molecule has 0 unspecified atom stereocenters. The van der Waals surface area contributed by atoms with Crippen molar-refractivity contribution >= 4 is 11.9 Å². The van der Waals surface area contributed by atoms with E-state index in [1.807, 2.05) is 12.3 Å². The van der Waals surface area contributed by atoms with Crippen LogP contribution in [0.4, 0.5) is 26.3 Å². The highest BCUT2D eigenvalue weighted by Crippen LogP contribution is 2.52. The van der Waals surface area contributed by atoms with E-state index in [2.05, 4.69) is 50.5 Å². The average Bonchev–Trinajstić information content (AvgIpc) is 3.50. The van der Waals surface area contributed by atoms with Gasteiger partial charge < -0.3 is 20.6 Å². The van der Waals surface area contributed by atoms with Crippen molar-refractivity contribution < 1.29 is 51.3 Å². The molecule has 1 aliphatic carbocycles. The van der Waals surface area contributed by atoms with E-state index in [4.69, 9.17) is 19.8 Å². The largest absolute Gasteiger partial charge is 0.490 e. The van der Waals surface area contributed by atoms with E-state index >= 15 is 0 Å². The number of aliphatic hydroxyl groups excluding tert-OH is 1. The summed E-state index contributed by atoms with van der Waals surface area (Å²) in [5.74, 6) is -4.83. The number of hydrogen-bond donors (Lipinski definition) is 4. The number of carboxylic acid groups (broad SMARTS) is 2. The van der Waals surface area contributed by atoms with Gasteiger partial charge in [-0.25, -0.2) is 9.59 Å². The second kappa shape index (κ2) is 13.2. The first-order valence-electron chi connectivity index (χ1n) is 13.0. The Morgan fingerprint density at radius 1 is 0.951 bits per heavy atom. The molecule has 2 aliphatic heterocycles. The maximum atomic E-state index is 11.5. The highest BCUT2D eigenvalue weighted by Gasteiger charge is 2.53. The molecule has 2 saturated heterocycles. The molecule has 9 nitrogen and oxygen atoms in total. The quantitative estimate of drug-likeness (QED) is 0.397. The van der Waals surface area contributed by atoms with Gasteiger partial charge in [-0.15, -0.1) is 0 Å². The number of halogens is 6. The van der Waals surface area contributed by atoms with Crippen LogP contribution in [-0.2, 0) is 21.5 Å². The Bertz CT molecular complexity index is 1120. The zero-order valence-corrected chi connectivity index (χ0v) is 21.9.